The first-order valence-electron chi connectivity index (χ1n) is 4.09. The molecule has 0 aromatic carbocycles. The van der Waals surface area contributed by atoms with E-state index in [0.29, 0.717) is 0 Å². The van der Waals surface area contributed by atoms with E-state index in [1.54, 1.807) is 0 Å². The highest BCUT2D eigenvalue weighted by Gasteiger charge is 2.13. The molecule has 0 aromatic rings. The Morgan fingerprint density at radius 2 is 1.90 bits per heavy atom. The van der Waals surface area contributed by atoms with Crippen molar-refractivity contribution in [1.82, 2.24) is 0 Å². The fraction of sp³-hybridized carbons (Fsp3) is 1.00. The molecule has 1 saturated carbocycles. The Balaban J connectivity index is 2.19. The van der Waals surface area contributed by atoms with Crippen LogP contribution in [0.2, 0.25) is 0 Å². The molecule has 10 heavy (non-hydrogen) atoms. The van der Waals surface area contributed by atoms with Crippen molar-refractivity contribution in [2.75, 3.05) is 12.0 Å². The average Bonchev–Trinajstić information content (AvgIpc) is 1.88. The van der Waals surface area contributed by atoms with Crippen molar-refractivity contribution in [3.8, 4) is 0 Å². The smallest absolute Gasteiger partial charge is 0.0260 e. The molecule has 0 spiro atoms. The van der Waals surface area contributed by atoms with E-state index in [1.165, 1.54) is 32.1 Å². The number of hydrogen-bond acceptors (Lipinski definition) is 1. The van der Waals surface area contributed by atoms with Crippen LogP contribution in [0.4, 0.5) is 0 Å². The normalized spacial score (nSPS) is 24.5. The molecule has 1 rings (SSSR count). The van der Waals surface area contributed by atoms with Crippen molar-refractivity contribution in [2.24, 2.45) is 5.92 Å². The van der Waals surface area contributed by atoms with Crippen LogP contribution in [0.3, 0.4) is 0 Å². The molecule has 1 aliphatic rings. The van der Waals surface area contributed by atoms with Gasteiger partial charge in [0.15, 0.2) is 0 Å². The minimum Gasteiger partial charge on any atom is -0.260 e. The van der Waals surface area contributed by atoms with Crippen LogP contribution >= 0.6 is 0 Å². The Morgan fingerprint density at radius 1 is 1.30 bits per heavy atom. The third-order valence-electron chi connectivity index (χ3n) is 2.20. The molecule has 0 heterocycles. The predicted molar refractivity (Wildman–Crippen MR) is 45.5 cm³/mol. The van der Waals surface area contributed by atoms with Gasteiger partial charge in [0, 0.05) is 22.8 Å². The van der Waals surface area contributed by atoms with Gasteiger partial charge in [-0.3, -0.25) is 4.21 Å². The van der Waals surface area contributed by atoms with Crippen LogP contribution in [0.25, 0.3) is 0 Å². The summed E-state index contributed by atoms with van der Waals surface area (Å²) in [5.74, 6) is 1.72. The highest BCUT2D eigenvalue weighted by molar-refractivity contribution is 7.84. The van der Waals surface area contributed by atoms with Gasteiger partial charge in [0.25, 0.3) is 0 Å². The third-order valence-corrected chi connectivity index (χ3v) is 3.14. The molecular formula is C8H16OS. The summed E-state index contributed by atoms with van der Waals surface area (Å²) in [5, 5.41) is 0. The molecule has 0 amide bonds. The number of rotatable bonds is 2. The molecule has 0 N–H and O–H groups in total. The Hall–Kier alpha value is 0.150. The SMILES string of the molecule is CS(=O)CC1CCCCC1. The van der Waals surface area contributed by atoms with E-state index < -0.39 is 10.8 Å². The summed E-state index contributed by atoms with van der Waals surface area (Å²) in [4.78, 5) is 0. The second-order valence-electron chi connectivity index (χ2n) is 3.24. The van der Waals surface area contributed by atoms with E-state index in [1.807, 2.05) is 6.26 Å². The molecule has 1 nitrogen and oxygen atoms in total. The van der Waals surface area contributed by atoms with E-state index in [2.05, 4.69) is 0 Å². The monoisotopic (exact) mass is 160 g/mol. The van der Waals surface area contributed by atoms with Crippen LogP contribution in [-0.4, -0.2) is 16.2 Å². The summed E-state index contributed by atoms with van der Waals surface area (Å²) in [6, 6.07) is 0. The lowest BCUT2D eigenvalue weighted by molar-refractivity contribution is 0.389. The molecule has 0 saturated heterocycles. The van der Waals surface area contributed by atoms with Crippen LogP contribution in [0.15, 0.2) is 0 Å². The summed E-state index contributed by atoms with van der Waals surface area (Å²) >= 11 is 0. The minimum atomic E-state index is -0.563. The molecular weight excluding hydrogens is 144 g/mol. The van der Waals surface area contributed by atoms with Crippen LogP contribution in [-0.2, 0) is 10.8 Å². The topological polar surface area (TPSA) is 17.1 Å². The van der Waals surface area contributed by atoms with Gasteiger partial charge < -0.3 is 0 Å². The van der Waals surface area contributed by atoms with Crippen molar-refractivity contribution in [3.05, 3.63) is 0 Å². The molecule has 0 aromatic heterocycles. The van der Waals surface area contributed by atoms with Gasteiger partial charge in [-0.05, 0) is 18.8 Å². The Morgan fingerprint density at radius 3 is 2.40 bits per heavy atom. The van der Waals surface area contributed by atoms with Gasteiger partial charge in [0.1, 0.15) is 0 Å². The summed E-state index contributed by atoms with van der Waals surface area (Å²) < 4.78 is 10.8. The first kappa shape index (κ1) is 8.25. The first-order chi connectivity index (χ1) is 4.79. The lowest BCUT2D eigenvalue weighted by Crippen LogP contribution is -2.13. The zero-order chi connectivity index (χ0) is 7.40. The first-order valence-corrected chi connectivity index (χ1v) is 5.82. The Bertz CT molecular complexity index is 116. The van der Waals surface area contributed by atoms with Gasteiger partial charge in [0.2, 0.25) is 0 Å². The average molecular weight is 160 g/mol. The highest BCUT2D eigenvalue weighted by atomic mass is 32.2. The van der Waals surface area contributed by atoms with Gasteiger partial charge in [-0.1, -0.05) is 19.3 Å². The maximum Gasteiger partial charge on any atom is 0.0260 e. The molecule has 0 radical (unpaired) electrons. The van der Waals surface area contributed by atoms with Crippen LogP contribution in [0, 0.1) is 5.92 Å². The Kier molecular flexibility index (Phi) is 3.40. The molecule has 0 bridgehead atoms. The van der Waals surface area contributed by atoms with Gasteiger partial charge in [-0.15, -0.1) is 0 Å². The predicted octanol–water partition coefficient (Wildman–Crippen LogP) is 1.95. The lowest BCUT2D eigenvalue weighted by Gasteiger charge is -2.19. The minimum absolute atomic E-state index is 0.563. The van der Waals surface area contributed by atoms with Gasteiger partial charge >= 0.3 is 0 Å². The fourth-order valence-corrected chi connectivity index (χ4v) is 2.68. The van der Waals surface area contributed by atoms with Crippen LogP contribution in [0.1, 0.15) is 32.1 Å². The molecule has 2 heteroatoms. The molecule has 1 aliphatic carbocycles. The van der Waals surface area contributed by atoms with Crippen LogP contribution in [0.5, 0.6) is 0 Å². The molecule has 60 valence electrons. The third kappa shape index (κ3) is 2.82. The lowest BCUT2D eigenvalue weighted by atomic mass is 9.91. The van der Waals surface area contributed by atoms with E-state index >= 15 is 0 Å². The van der Waals surface area contributed by atoms with Crippen molar-refractivity contribution < 1.29 is 4.21 Å². The van der Waals surface area contributed by atoms with Gasteiger partial charge in [-0.2, -0.15) is 0 Å². The van der Waals surface area contributed by atoms with Gasteiger partial charge in [-0.25, -0.2) is 0 Å². The van der Waals surface area contributed by atoms with Crippen molar-refractivity contribution >= 4 is 10.8 Å². The second-order valence-corrected chi connectivity index (χ2v) is 4.72. The summed E-state index contributed by atoms with van der Waals surface area (Å²) in [6.07, 6.45) is 8.57. The van der Waals surface area contributed by atoms with Crippen molar-refractivity contribution in [1.29, 1.82) is 0 Å². The maximum absolute atomic E-state index is 10.8. The largest absolute Gasteiger partial charge is 0.260 e. The quantitative estimate of drug-likeness (QED) is 0.603. The van der Waals surface area contributed by atoms with Crippen molar-refractivity contribution in [3.63, 3.8) is 0 Å². The summed E-state index contributed by atoms with van der Waals surface area (Å²) in [6.45, 7) is 0. The van der Waals surface area contributed by atoms with Gasteiger partial charge in [0.05, 0.1) is 0 Å². The summed E-state index contributed by atoms with van der Waals surface area (Å²) in [7, 11) is -0.563. The zero-order valence-electron chi connectivity index (χ0n) is 6.64. The van der Waals surface area contributed by atoms with E-state index in [0.717, 1.165) is 11.7 Å². The zero-order valence-corrected chi connectivity index (χ0v) is 7.45. The fourth-order valence-electron chi connectivity index (χ4n) is 1.69. The van der Waals surface area contributed by atoms with Crippen LogP contribution < -0.4 is 0 Å². The molecule has 1 atom stereocenters. The van der Waals surface area contributed by atoms with E-state index in [-0.39, 0.29) is 0 Å². The summed E-state index contributed by atoms with van der Waals surface area (Å²) in [5.41, 5.74) is 0. The number of hydrogen-bond donors (Lipinski definition) is 0. The molecule has 1 fully saturated rings. The van der Waals surface area contributed by atoms with Crippen molar-refractivity contribution in [2.45, 2.75) is 32.1 Å². The maximum atomic E-state index is 10.8. The molecule has 1 unspecified atom stereocenters. The van der Waals surface area contributed by atoms with E-state index in [4.69, 9.17) is 0 Å². The van der Waals surface area contributed by atoms with E-state index in [9.17, 15) is 4.21 Å². The second kappa shape index (κ2) is 4.12. The standard InChI is InChI=1S/C8H16OS/c1-10(9)7-8-5-3-2-4-6-8/h8H,2-7H2,1H3. The Labute approximate surface area is 65.7 Å². The highest BCUT2D eigenvalue weighted by Crippen LogP contribution is 2.23. The molecule has 0 aliphatic heterocycles.